The van der Waals surface area contributed by atoms with Crippen LogP contribution in [0.25, 0.3) is 0 Å². The van der Waals surface area contributed by atoms with Gasteiger partial charge in [0, 0.05) is 6.42 Å². The maximum atomic E-state index is 11.9. The van der Waals surface area contributed by atoms with Crippen LogP contribution in [0.5, 0.6) is 0 Å². The number of alkyl halides is 2. The number of unbranched alkanes of at least 4 members (excludes halogenated alkanes) is 3. The summed E-state index contributed by atoms with van der Waals surface area (Å²) in [7, 11) is 1.41. The van der Waals surface area contributed by atoms with Gasteiger partial charge in [0.05, 0.1) is 7.11 Å². The molecule has 0 rings (SSSR count). The summed E-state index contributed by atoms with van der Waals surface area (Å²) >= 11 is 1.60. The molecule has 0 bridgehead atoms. The first-order chi connectivity index (χ1) is 8.49. The highest BCUT2D eigenvalue weighted by Gasteiger charge is 2.22. The van der Waals surface area contributed by atoms with E-state index in [1.165, 1.54) is 7.11 Å². The number of esters is 1. The fourth-order valence-electron chi connectivity index (χ4n) is 1.61. The van der Waals surface area contributed by atoms with Crippen LogP contribution in [-0.2, 0) is 9.53 Å². The van der Waals surface area contributed by atoms with Crippen molar-refractivity contribution >= 4 is 17.7 Å². The van der Waals surface area contributed by atoms with Gasteiger partial charge in [0.1, 0.15) is 5.25 Å². The van der Waals surface area contributed by atoms with Gasteiger partial charge in [-0.25, -0.2) is 8.78 Å². The average Bonchev–Trinajstić information content (AvgIpc) is 2.31. The minimum Gasteiger partial charge on any atom is -0.468 e. The third-order valence-electron chi connectivity index (χ3n) is 2.65. The highest BCUT2D eigenvalue weighted by molar-refractivity contribution is 8.00. The number of carbonyl (C=O) groups excluding carboxylic acids is 1. The van der Waals surface area contributed by atoms with Crippen LogP contribution in [0.4, 0.5) is 8.78 Å². The van der Waals surface area contributed by atoms with Crippen LogP contribution in [0.1, 0.15) is 46.0 Å². The number of hydrogen-bond donors (Lipinski definition) is 0. The Balaban J connectivity index is 3.59. The van der Waals surface area contributed by atoms with Crippen molar-refractivity contribution in [3.05, 3.63) is 0 Å². The highest BCUT2D eigenvalue weighted by Crippen LogP contribution is 2.22. The molecular weight excluding hydrogens is 258 g/mol. The van der Waals surface area contributed by atoms with Crippen LogP contribution in [-0.4, -0.2) is 30.5 Å². The lowest BCUT2D eigenvalue weighted by atomic mass is 10.1. The van der Waals surface area contributed by atoms with E-state index in [1.54, 1.807) is 11.8 Å². The fraction of sp³-hybridized carbons (Fsp3) is 0.923. The van der Waals surface area contributed by atoms with Gasteiger partial charge in [0.2, 0.25) is 6.43 Å². The largest absolute Gasteiger partial charge is 0.468 e. The standard InChI is InChI=1S/C13H24F2O2S/c1-10(2)12(13(16)17-3)18-9-7-5-4-6-8-11(14)15/h10-12H,4-9H2,1-3H3. The second-order valence-corrected chi connectivity index (χ2v) is 5.90. The normalized spacial score (nSPS) is 13.1. The maximum absolute atomic E-state index is 11.9. The number of rotatable bonds is 10. The average molecular weight is 282 g/mol. The Hall–Kier alpha value is -0.320. The Morgan fingerprint density at radius 3 is 2.28 bits per heavy atom. The lowest BCUT2D eigenvalue weighted by Crippen LogP contribution is -2.24. The number of hydrogen-bond acceptors (Lipinski definition) is 3. The summed E-state index contributed by atoms with van der Waals surface area (Å²) in [6.07, 6.45) is 1.18. The van der Waals surface area contributed by atoms with Crippen molar-refractivity contribution in [3.63, 3.8) is 0 Å². The Morgan fingerprint density at radius 1 is 1.17 bits per heavy atom. The molecule has 18 heavy (non-hydrogen) atoms. The maximum Gasteiger partial charge on any atom is 0.319 e. The summed E-state index contributed by atoms with van der Waals surface area (Å²) in [5.74, 6) is 0.959. The van der Waals surface area contributed by atoms with Gasteiger partial charge < -0.3 is 4.74 Å². The quantitative estimate of drug-likeness (QED) is 0.445. The molecule has 0 saturated carbocycles. The van der Waals surface area contributed by atoms with Crippen molar-refractivity contribution in [1.82, 2.24) is 0 Å². The van der Waals surface area contributed by atoms with Crippen molar-refractivity contribution in [2.24, 2.45) is 5.92 Å². The summed E-state index contributed by atoms with van der Waals surface area (Å²) in [5.41, 5.74) is 0. The number of thioether (sulfide) groups is 1. The first-order valence-electron chi connectivity index (χ1n) is 6.46. The smallest absolute Gasteiger partial charge is 0.319 e. The van der Waals surface area contributed by atoms with Gasteiger partial charge in [0.25, 0.3) is 0 Å². The number of methoxy groups -OCH3 is 1. The molecule has 0 fully saturated rings. The van der Waals surface area contributed by atoms with Crippen molar-refractivity contribution in [1.29, 1.82) is 0 Å². The van der Waals surface area contributed by atoms with Crippen LogP contribution in [0.15, 0.2) is 0 Å². The van der Waals surface area contributed by atoms with E-state index < -0.39 is 6.43 Å². The van der Waals surface area contributed by atoms with Crippen LogP contribution < -0.4 is 0 Å². The lowest BCUT2D eigenvalue weighted by molar-refractivity contribution is -0.140. The van der Waals surface area contributed by atoms with Crippen LogP contribution in [0.2, 0.25) is 0 Å². The zero-order chi connectivity index (χ0) is 14.0. The molecule has 5 heteroatoms. The lowest BCUT2D eigenvalue weighted by Gasteiger charge is -2.17. The molecular formula is C13H24F2O2S. The molecule has 108 valence electrons. The highest BCUT2D eigenvalue weighted by atomic mass is 32.2. The minimum absolute atomic E-state index is 0.00389. The summed E-state index contributed by atoms with van der Waals surface area (Å²) in [4.78, 5) is 11.5. The van der Waals surface area contributed by atoms with Crippen LogP contribution >= 0.6 is 11.8 Å². The third-order valence-corrected chi connectivity index (χ3v) is 4.27. The molecule has 0 radical (unpaired) electrons. The third kappa shape index (κ3) is 8.72. The Labute approximate surface area is 113 Å². The second-order valence-electron chi connectivity index (χ2n) is 4.65. The van der Waals surface area contributed by atoms with E-state index in [4.69, 9.17) is 4.74 Å². The number of carbonyl (C=O) groups is 1. The van der Waals surface area contributed by atoms with Gasteiger partial charge in [-0.3, -0.25) is 4.79 Å². The van der Waals surface area contributed by atoms with Gasteiger partial charge >= 0.3 is 5.97 Å². The molecule has 0 aliphatic rings. The molecule has 0 amide bonds. The van der Waals surface area contributed by atoms with E-state index in [9.17, 15) is 13.6 Å². The summed E-state index contributed by atoms with van der Waals surface area (Å²) in [6, 6.07) is 0. The SMILES string of the molecule is COC(=O)C(SCCCCCCC(F)F)C(C)C. The van der Waals surface area contributed by atoms with E-state index in [1.807, 2.05) is 13.8 Å². The summed E-state index contributed by atoms with van der Waals surface area (Å²) < 4.78 is 28.5. The summed E-state index contributed by atoms with van der Waals surface area (Å²) in [5, 5.41) is -0.115. The molecule has 1 atom stereocenters. The molecule has 0 aliphatic heterocycles. The molecule has 2 nitrogen and oxygen atoms in total. The van der Waals surface area contributed by atoms with Crippen molar-refractivity contribution < 1.29 is 18.3 Å². The first-order valence-corrected chi connectivity index (χ1v) is 7.51. The Bertz CT molecular complexity index is 223. The van der Waals surface area contributed by atoms with Crippen molar-refractivity contribution in [2.45, 2.75) is 57.6 Å². The summed E-state index contributed by atoms with van der Waals surface area (Å²) in [6.45, 7) is 3.99. The van der Waals surface area contributed by atoms with Crippen LogP contribution in [0.3, 0.4) is 0 Å². The van der Waals surface area contributed by atoms with Gasteiger partial charge in [-0.05, 0) is 24.5 Å². The van der Waals surface area contributed by atoms with Gasteiger partial charge in [-0.2, -0.15) is 0 Å². The molecule has 0 saturated heterocycles. The molecule has 0 spiro atoms. The van der Waals surface area contributed by atoms with E-state index >= 15 is 0 Å². The predicted molar refractivity (Wildman–Crippen MR) is 72.2 cm³/mol. The fourth-order valence-corrected chi connectivity index (χ4v) is 2.86. The van der Waals surface area contributed by atoms with Crippen LogP contribution in [0, 0.1) is 5.92 Å². The van der Waals surface area contributed by atoms with Gasteiger partial charge in [-0.1, -0.05) is 26.7 Å². The van der Waals surface area contributed by atoms with E-state index in [2.05, 4.69) is 0 Å². The number of halogens is 2. The molecule has 0 N–H and O–H groups in total. The molecule has 0 aromatic rings. The topological polar surface area (TPSA) is 26.3 Å². The Morgan fingerprint density at radius 2 is 1.78 bits per heavy atom. The zero-order valence-corrected chi connectivity index (χ0v) is 12.3. The Kier molecular flexibility index (Phi) is 10.4. The van der Waals surface area contributed by atoms with Crippen molar-refractivity contribution in [2.75, 3.05) is 12.9 Å². The van der Waals surface area contributed by atoms with Gasteiger partial charge in [0.15, 0.2) is 0 Å². The molecule has 0 aromatic heterocycles. The first kappa shape index (κ1) is 17.7. The zero-order valence-electron chi connectivity index (χ0n) is 11.5. The molecule has 1 unspecified atom stereocenters. The predicted octanol–water partition coefficient (Wildman–Crippen LogP) is 4.13. The molecule has 0 aliphatic carbocycles. The second kappa shape index (κ2) is 10.6. The van der Waals surface area contributed by atoms with E-state index in [0.29, 0.717) is 6.42 Å². The van der Waals surface area contributed by atoms with E-state index in [0.717, 1.165) is 25.0 Å². The monoisotopic (exact) mass is 282 g/mol. The van der Waals surface area contributed by atoms with Crippen molar-refractivity contribution in [3.8, 4) is 0 Å². The van der Waals surface area contributed by atoms with E-state index in [-0.39, 0.29) is 23.6 Å². The molecule has 0 heterocycles. The number of ether oxygens (including phenoxy) is 1. The minimum atomic E-state index is -2.18. The molecule has 0 aromatic carbocycles. The van der Waals surface area contributed by atoms with Gasteiger partial charge in [-0.15, -0.1) is 11.8 Å².